The van der Waals surface area contributed by atoms with Crippen molar-refractivity contribution in [1.29, 1.82) is 0 Å². The molecule has 9 nitrogen and oxygen atoms in total. The lowest BCUT2D eigenvalue weighted by molar-refractivity contribution is -0.142. The number of thiazole rings is 1. The fourth-order valence-electron chi connectivity index (χ4n) is 4.89. The standard InChI is InChI=1S/C26H28F3N7O2S/c1-15-11-23(26(27,28)29)33-36(15)13-24(37)35-9-7-17(8-10-35)25-31-21(14-39-25)20-12-22(38-34-20)19-6-4-3-5-18(19)16(2)32-30/h3-6,11,14,17,22H,7-10,12-13,30H2,1-2H3. The van der Waals surface area contributed by atoms with E-state index in [4.69, 9.17) is 15.7 Å². The molecule has 39 heavy (non-hydrogen) atoms. The summed E-state index contributed by atoms with van der Waals surface area (Å²) >= 11 is 1.56. The van der Waals surface area contributed by atoms with Gasteiger partial charge in [-0.05, 0) is 32.8 Å². The van der Waals surface area contributed by atoms with E-state index in [9.17, 15) is 18.0 Å². The van der Waals surface area contributed by atoms with Gasteiger partial charge in [-0.15, -0.1) is 11.3 Å². The lowest BCUT2D eigenvalue weighted by Gasteiger charge is -2.31. The smallest absolute Gasteiger partial charge is 0.387 e. The summed E-state index contributed by atoms with van der Waals surface area (Å²) in [5, 5.41) is 14.6. The van der Waals surface area contributed by atoms with Gasteiger partial charge in [0.15, 0.2) is 11.8 Å². The number of alkyl halides is 3. The molecule has 1 saturated heterocycles. The van der Waals surface area contributed by atoms with Crippen molar-refractivity contribution in [3.05, 3.63) is 68.9 Å². The van der Waals surface area contributed by atoms with E-state index in [1.54, 1.807) is 16.2 Å². The normalized spacial score (nSPS) is 18.8. The fraction of sp³-hybridized carbons (Fsp3) is 0.423. The topological polar surface area (TPSA) is 111 Å². The summed E-state index contributed by atoms with van der Waals surface area (Å²) < 4.78 is 39.9. The van der Waals surface area contributed by atoms with Crippen molar-refractivity contribution in [2.24, 2.45) is 16.1 Å². The number of rotatable bonds is 6. The molecule has 0 aliphatic carbocycles. The van der Waals surface area contributed by atoms with Gasteiger partial charge in [-0.3, -0.25) is 9.48 Å². The van der Waals surface area contributed by atoms with Crippen LogP contribution in [-0.4, -0.2) is 50.1 Å². The van der Waals surface area contributed by atoms with E-state index in [1.807, 2.05) is 36.6 Å². The van der Waals surface area contributed by atoms with Gasteiger partial charge in [0.25, 0.3) is 0 Å². The zero-order valence-corrected chi connectivity index (χ0v) is 22.3. The second-order valence-electron chi connectivity index (χ2n) is 9.69. The van der Waals surface area contributed by atoms with Crippen molar-refractivity contribution in [3.8, 4) is 0 Å². The van der Waals surface area contributed by atoms with E-state index < -0.39 is 11.9 Å². The van der Waals surface area contributed by atoms with Crippen molar-refractivity contribution in [2.75, 3.05) is 13.1 Å². The Labute approximate surface area is 227 Å². The van der Waals surface area contributed by atoms with E-state index in [1.165, 1.54) is 6.92 Å². The number of hydrazone groups is 1. The second kappa shape index (κ2) is 10.8. The van der Waals surface area contributed by atoms with Crippen LogP contribution in [0, 0.1) is 6.92 Å². The number of nitrogens with two attached hydrogens (primary N) is 1. The Morgan fingerprint density at radius 3 is 2.69 bits per heavy atom. The SMILES string of the molecule is CC(=NN)c1ccccc1C1CC(c2csc(C3CCN(C(=O)Cn4nc(C(F)(F)F)cc4C)CC3)n2)=NO1. The van der Waals surface area contributed by atoms with Crippen molar-refractivity contribution in [2.45, 2.75) is 57.9 Å². The molecular formula is C26H28F3N7O2S. The quantitative estimate of drug-likeness (QED) is 0.269. The van der Waals surface area contributed by atoms with Crippen LogP contribution in [0.1, 0.15) is 71.4 Å². The lowest BCUT2D eigenvalue weighted by atomic mass is 9.96. The highest BCUT2D eigenvalue weighted by atomic mass is 32.1. The van der Waals surface area contributed by atoms with Gasteiger partial charge in [0, 0.05) is 47.6 Å². The molecule has 2 N–H and O–H groups in total. The number of aryl methyl sites for hydroxylation is 1. The molecule has 0 bridgehead atoms. The molecule has 13 heteroatoms. The first-order valence-electron chi connectivity index (χ1n) is 12.6. The van der Waals surface area contributed by atoms with E-state index >= 15 is 0 Å². The molecule has 0 radical (unpaired) electrons. The Kier molecular flexibility index (Phi) is 7.43. The minimum Gasteiger partial charge on any atom is -0.387 e. The molecule has 4 heterocycles. The van der Waals surface area contributed by atoms with E-state index in [0.29, 0.717) is 30.9 Å². The number of aromatic nitrogens is 3. The molecule has 1 unspecified atom stereocenters. The molecule has 1 aromatic carbocycles. The minimum absolute atomic E-state index is 0.193. The van der Waals surface area contributed by atoms with Crippen molar-refractivity contribution >= 4 is 28.7 Å². The molecule has 2 aromatic heterocycles. The number of benzene rings is 1. The van der Waals surface area contributed by atoms with Gasteiger partial charge in [0.2, 0.25) is 5.91 Å². The minimum atomic E-state index is -4.54. The maximum Gasteiger partial charge on any atom is 0.435 e. The summed E-state index contributed by atoms with van der Waals surface area (Å²) in [4.78, 5) is 25.0. The lowest BCUT2D eigenvalue weighted by Crippen LogP contribution is -2.40. The largest absolute Gasteiger partial charge is 0.435 e. The molecular weight excluding hydrogens is 531 g/mol. The van der Waals surface area contributed by atoms with Crippen LogP contribution in [-0.2, 0) is 22.4 Å². The summed E-state index contributed by atoms with van der Waals surface area (Å²) in [5.41, 5.74) is 3.48. The van der Waals surface area contributed by atoms with Crippen LogP contribution in [0.15, 0.2) is 46.0 Å². The summed E-state index contributed by atoms with van der Waals surface area (Å²) in [6, 6.07) is 8.76. The number of likely N-dealkylation sites (tertiary alicyclic amines) is 1. The predicted octanol–water partition coefficient (Wildman–Crippen LogP) is 4.62. The Morgan fingerprint density at radius 1 is 1.26 bits per heavy atom. The number of halogens is 3. The van der Waals surface area contributed by atoms with Crippen LogP contribution in [0.5, 0.6) is 0 Å². The van der Waals surface area contributed by atoms with Gasteiger partial charge < -0.3 is 15.6 Å². The van der Waals surface area contributed by atoms with Crippen molar-refractivity contribution < 1.29 is 22.8 Å². The average molecular weight is 560 g/mol. The number of carbonyl (C=O) groups is 1. The highest BCUT2D eigenvalue weighted by Gasteiger charge is 2.35. The van der Waals surface area contributed by atoms with Crippen molar-refractivity contribution in [1.82, 2.24) is 19.7 Å². The maximum atomic E-state index is 12.9. The molecule has 3 aromatic rings. The van der Waals surface area contributed by atoms with E-state index in [0.717, 1.165) is 51.1 Å². The van der Waals surface area contributed by atoms with Gasteiger partial charge >= 0.3 is 6.18 Å². The Hall–Kier alpha value is -3.74. The monoisotopic (exact) mass is 559 g/mol. The number of piperidine rings is 1. The molecule has 1 atom stereocenters. The predicted molar refractivity (Wildman–Crippen MR) is 140 cm³/mol. The summed E-state index contributed by atoms with van der Waals surface area (Å²) in [7, 11) is 0. The third-order valence-electron chi connectivity index (χ3n) is 7.13. The first kappa shape index (κ1) is 26.9. The average Bonchev–Trinajstić information content (AvgIpc) is 3.68. The summed E-state index contributed by atoms with van der Waals surface area (Å²) in [5.74, 6) is 5.44. The number of carbonyl (C=O) groups excluding carboxylic acids is 1. The van der Waals surface area contributed by atoms with Gasteiger partial charge in [-0.25, -0.2) is 4.98 Å². The van der Waals surface area contributed by atoms with Gasteiger partial charge in [-0.2, -0.15) is 23.4 Å². The van der Waals surface area contributed by atoms with Gasteiger partial charge in [-0.1, -0.05) is 29.4 Å². The number of amides is 1. The van der Waals surface area contributed by atoms with Gasteiger partial charge in [0.05, 0.1) is 16.4 Å². The van der Waals surface area contributed by atoms with Gasteiger partial charge in [0.1, 0.15) is 12.3 Å². The van der Waals surface area contributed by atoms with Crippen LogP contribution in [0.4, 0.5) is 13.2 Å². The second-order valence-corrected chi connectivity index (χ2v) is 10.6. The van der Waals surface area contributed by atoms with Crippen LogP contribution in [0.2, 0.25) is 0 Å². The first-order chi connectivity index (χ1) is 18.6. The summed E-state index contributed by atoms with van der Waals surface area (Å²) in [6.07, 6.45) is -2.77. The third-order valence-corrected chi connectivity index (χ3v) is 8.14. The highest BCUT2D eigenvalue weighted by Crippen LogP contribution is 2.35. The number of nitrogens with zero attached hydrogens (tertiary/aromatic N) is 6. The first-order valence-corrected chi connectivity index (χ1v) is 13.4. The molecule has 2 aliphatic heterocycles. The third kappa shape index (κ3) is 5.68. The molecule has 0 spiro atoms. The Bertz CT molecular complexity index is 1420. The zero-order valence-electron chi connectivity index (χ0n) is 21.5. The Balaban J connectivity index is 1.17. The molecule has 206 valence electrons. The van der Waals surface area contributed by atoms with E-state index in [2.05, 4.69) is 15.4 Å². The molecule has 2 aliphatic rings. The molecule has 1 fully saturated rings. The van der Waals surface area contributed by atoms with Crippen LogP contribution < -0.4 is 5.84 Å². The van der Waals surface area contributed by atoms with Crippen molar-refractivity contribution in [3.63, 3.8) is 0 Å². The van der Waals surface area contributed by atoms with Crippen LogP contribution in [0.3, 0.4) is 0 Å². The van der Waals surface area contributed by atoms with E-state index in [-0.39, 0.29) is 24.5 Å². The molecule has 5 rings (SSSR count). The molecule has 1 amide bonds. The fourth-order valence-corrected chi connectivity index (χ4v) is 5.89. The Morgan fingerprint density at radius 2 is 2.00 bits per heavy atom. The summed E-state index contributed by atoms with van der Waals surface area (Å²) in [6.45, 7) is 4.17. The van der Waals surface area contributed by atoms with Crippen LogP contribution in [0.25, 0.3) is 0 Å². The highest BCUT2D eigenvalue weighted by molar-refractivity contribution is 7.10. The number of hydrogen-bond acceptors (Lipinski definition) is 8. The molecule has 0 saturated carbocycles. The van der Waals surface area contributed by atoms with Crippen LogP contribution >= 0.6 is 11.3 Å². The number of hydrogen-bond donors (Lipinski definition) is 1. The number of oxime groups is 1. The maximum absolute atomic E-state index is 12.9. The zero-order chi connectivity index (χ0) is 27.7.